The molecule has 1 amide bonds. The summed E-state index contributed by atoms with van der Waals surface area (Å²) in [5.74, 6) is 0.0386. The van der Waals surface area contributed by atoms with Gasteiger partial charge in [-0.1, -0.05) is 36.4 Å². The first-order valence-corrected chi connectivity index (χ1v) is 8.73. The van der Waals surface area contributed by atoms with E-state index in [1.54, 1.807) is 22.7 Å². The number of aromatic nitrogens is 1. The van der Waals surface area contributed by atoms with Crippen LogP contribution in [0.15, 0.2) is 47.8 Å². The van der Waals surface area contributed by atoms with E-state index >= 15 is 0 Å². The number of nitrogens with zero attached hydrogens (tertiary/aromatic N) is 1. The number of benzene rings is 1. The lowest BCUT2D eigenvalue weighted by molar-refractivity contribution is -0.120. The third-order valence-electron chi connectivity index (χ3n) is 3.28. The van der Waals surface area contributed by atoms with Crippen molar-refractivity contribution in [2.45, 2.75) is 19.9 Å². The van der Waals surface area contributed by atoms with Gasteiger partial charge in [-0.3, -0.25) is 4.79 Å². The summed E-state index contributed by atoms with van der Waals surface area (Å²) in [4.78, 5) is 18.9. The molecular formula is C17H16N2OS2. The molecule has 0 aliphatic heterocycles. The molecule has 1 aromatic carbocycles. The zero-order valence-electron chi connectivity index (χ0n) is 12.2. The Morgan fingerprint density at radius 3 is 2.73 bits per heavy atom. The third kappa shape index (κ3) is 3.61. The topological polar surface area (TPSA) is 42.0 Å². The van der Waals surface area contributed by atoms with E-state index in [2.05, 4.69) is 16.4 Å². The lowest BCUT2D eigenvalue weighted by Crippen LogP contribution is -2.24. The summed E-state index contributed by atoms with van der Waals surface area (Å²) in [6, 6.07) is 13.9. The molecule has 0 bridgehead atoms. The second kappa shape index (κ2) is 6.85. The Bertz CT molecular complexity index is 748. The van der Waals surface area contributed by atoms with Crippen molar-refractivity contribution in [3.63, 3.8) is 0 Å². The number of aryl methyl sites for hydroxylation is 1. The molecule has 5 heteroatoms. The molecule has 0 saturated carbocycles. The maximum Gasteiger partial charge on any atom is 0.224 e. The van der Waals surface area contributed by atoms with Crippen LogP contribution in [0.2, 0.25) is 0 Å². The van der Waals surface area contributed by atoms with Gasteiger partial charge in [0.1, 0.15) is 5.01 Å². The first kappa shape index (κ1) is 14.9. The fraction of sp³-hybridized carbons (Fsp3) is 0.176. The number of thiophene rings is 1. The predicted molar refractivity (Wildman–Crippen MR) is 92.2 cm³/mol. The van der Waals surface area contributed by atoms with Gasteiger partial charge in [0.15, 0.2) is 0 Å². The minimum atomic E-state index is 0.0386. The van der Waals surface area contributed by atoms with Crippen molar-refractivity contribution in [3.05, 3.63) is 64.0 Å². The molecule has 2 aromatic heterocycles. The molecule has 0 atom stereocenters. The standard InChI is InChI=1S/C17H16N2OS2/c1-12-15(22-17(19-12)14-8-5-9-21-14)11-18-16(20)10-13-6-3-2-4-7-13/h2-9H,10-11H2,1H3,(H,18,20). The largest absolute Gasteiger partial charge is 0.351 e. The van der Waals surface area contributed by atoms with Crippen LogP contribution in [0, 0.1) is 6.92 Å². The lowest BCUT2D eigenvalue weighted by Gasteiger charge is -2.04. The van der Waals surface area contributed by atoms with Crippen LogP contribution in [0.25, 0.3) is 9.88 Å². The summed E-state index contributed by atoms with van der Waals surface area (Å²) in [5.41, 5.74) is 2.02. The number of carbonyl (C=O) groups excluding carboxylic acids is 1. The van der Waals surface area contributed by atoms with Gasteiger partial charge in [0.05, 0.1) is 23.5 Å². The Morgan fingerprint density at radius 1 is 1.18 bits per heavy atom. The number of amides is 1. The Balaban J connectivity index is 1.61. The van der Waals surface area contributed by atoms with Gasteiger partial charge in [-0.15, -0.1) is 22.7 Å². The summed E-state index contributed by atoms with van der Waals surface area (Å²) in [6.45, 7) is 2.53. The minimum absolute atomic E-state index is 0.0386. The molecule has 0 aliphatic rings. The van der Waals surface area contributed by atoms with Crippen molar-refractivity contribution in [2.75, 3.05) is 0 Å². The second-order valence-electron chi connectivity index (χ2n) is 4.94. The molecule has 0 spiro atoms. The van der Waals surface area contributed by atoms with Crippen molar-refractivity contribution in [3.8, 4) is 9.88 Å². The third-order valence-corrected chi connectivity index (χ3v) is 5.47. The molecule has 3 nitrogen and oxygen atoms in total. The zero-order chi connectivity index (χ0) is 15.4. The quantitative estimate of drug-likeness (QED) is 0.768. The molecule has 0 fully saturated rings. The van der Waals surface area contributed by atoms with Crippen LogP contribution in [0.3, 0.4) is 0 Å². The Labute approximate surface area is 137 Å². The van der Waals surface area contributed by atoms with Crippen molar-refractivity contribution >= 4 is 28.6 Å². The highest BCUT2D eigenvalue weighted by Crippen LogP contribution is 2.30. The van der Waals surface area contributed by atoms with Crippen molar-refractivity contribution in [1.82, 2.24) is 10.3 Å². The maximum atomic E-state index is 12.0. The molecular weight excluding hydrogens is 312 g/mol. The molecule has 0 aliphatic carbocycles. The molecule has 1 N–H and O–H groups in total. The van der Waals surface area contributed by atoms with Crippen LogP contribution in [0.1, 0.15) is 16.1 Å². The van der Waals surface area contributed by atoms with Gasteiger partial charge in [-0.2, -0.15) is 0 Å². The molecule has 0 unspecified atom stereocenters. The molecule has 112 valence electrons. The zero-order valence-corrected chi connectivity index (χ0v) is 13.8. The fourth-order valence-corrected chi connectivity index (χ4v) is 3.92. The van der Waals surface area contributed by atoms with E-state index in [0.717, 1.165) is 21.1 Å². The molecule has 2 heterocycles. The second-order valence-corrected chi connectivity index (χ2v) is 6.98. The van der Waals surface area contributed by atoms with Crippen LogP contribution in [-0.2, 0) is 17.8 Å². The van der Waals surface area contributed by atoms with E-state index in [1.807, 2.05) is 48.7 Å². The van der Waals surface area contributed by atoms with Crippen LogP contribution in [-0.4, -0.2) is 10.9 Å². The highest BCUT2D eigenvalue weighted by molar-refractivity contribution is 7.21. The summed E-state index contributed by atoms with van der Waals surface area (Å²) in [5, 5.41) is 6.06. The fourth-order valence-electron chi connectivity index (χ4n) is 2.12. The maximum absolute atomic E-state index is 12.0. The molecule has 0 saturated heterocycles. The monoisotopic (exact) mass is 328 g/mol. The van der Waals surface area contributed by atoms with Crippen molar-refractivity contribution < 1.29 is 4.79 Å². The van der Waals surface area contributed by atoms with Gasteiger partial charge in [0, 0.05) is 4.88 Å². The van der Waals surface area contributed by atoms with Gasteiger partial charge in [-0.25, -0.2) is 4.98 Å². The molecule has 3 aromatic rings. The number of hydrogen-bond donors (Lipinski definition) is 1. The van der Waals surface area contributed by atoms with E-state index in [1.165, 1.54) is 4.88 Å². The van der Waals surface area contributed by atoms with E-state index in [9.17, 15) is 4.79 Å². The number of hydrogen-bond acceptors (Lipinski definition) is 4. The van der Waals surface area contributed by atoms with E-state index in [4.69, 9.17) is 0 Å². The van der Waals surface area contributed by atoms with Gasteiger partial charge in [0.2, 0.25) is 5.91 Å². The molecule has 22 heavy (non-hydrogen) atoms. The van der Waals surface area contributed by atoms with E-state index in [0.29, 0.717) is 13.0 Å². The number of rotatable bonds is 5. The predicted octanol–water partition coefficient (Wildman–Crippen LogP) is 4.04. The normalized spacial score (nSPS) is 10.6. The Hall–Kier alpha value is -1.98. The highest BCUT2D eigenvalue weighted by atomic mass is 32.1. The van der Waals surface area contributed by atoms with Crippen LogP contribution >= 0.6 is 22.7 Å². The van der Waals surface area contributed by atoms with E-state index < -0.39 is 0 Å². The average molecular weight is 328 g/mol. The summed E-state index contributed by atoms with van der Waals surface area (Å²) in [7, 11) is 0. The van der Waals surface area contributed by atoms with Gasteiger partial charge >= 0.3 is 0 Å². The smallest absolute Gasteiger partial charge is 0.224 e. The van der Waals surface area contributed by atoms with Crippen LogP contribution < -0.4 is 5.32 Å². The molecule has 3 rings (SSSR count). The summed E-state index contributed by atoms with van der Waals surface area (Å²) in [6.07, 6.45) is 0.413. The lowest BCUT2D eigenvalue weighted by atomic mass is 10.1. The Morgan fingerprint density at radius 2 is 2.00 bits per heavy atom. The van der Waals surface area contributed by atoms with E-state index in [-0.39, 0.29) is 5.91 Å². The van der Waals surface area contributed by atoms with Crippen molar-refractivity contribution in [1.29, 1.82) is 0 Å². The van der Waals surface area contributed by atoms with Crippen LogP contribution in [0.4, 0.5) is 0 Å². The average Bonchev–Trinajstić information content (AvgIpc) is 3.16. The minimum Gasteiger partial charge on any atom is -0.351 e. The number of carbonyl (C=O) groups is 1. The first-order valence-electron chi connectivity index (χ1n) is 7.03. The number of thiazole rings is 1. The van der Waals surface area contributed by atoms with Gasteiger partial charge in [-0.05, 0) is 23.9 Å². The Kier molecular flexibility index (Phi) is 4.65. The van der Waals surface area contributed by atoms with Crippen LogP contribution in [0.5, 0.6) is 0 Å². The summed E-state index contributed by atoms with van der Waals surface area (Å²) >= 11 is 3.33. The van der Waals surface area contributed by atoms with Gasteiger partial charge in [0.25, 0.3) is 0 Å². The summed E-state index contributed by atoms with van der Waals surface area (Å²) < 4.78 is 0. The van der Waals surface area contributed by atoms with Crippen molar-refractivity contribution in [2.24, 2.45) is 0 Å². The number of nitrogens with one attached hydrogen (secondary N) is 1. The van der Waals surface area contributed by atoms with Gasteiger partial charge < -0.3 is 5.32 Å². The SMILES string of the molecule is Cc1nc(-c2cccs2)sc1CNC(=O)Cc1ccccc1. The molecule has 0 radical (unpaired) electrons. The first-order chi connectivity index (χ1) is 10.7. The highest BCUT2D eigenvalue weighted by Gasteiger charge is 2.11.